The number of aliphatic hydroxyl groups excluding tert-OH is 1. The fourth-order valence-corrected chi connectivity index (χ4v) is 3.55. The van der Waals surface area contributed by atoms with Crippen molar-refractivity contribution in [3.05, 3.63) is 21.9 Å². The quantitative estimate of drug-likeness (QED) is 0.840. The highest BCUT2D eigenvalue weighted by atomic mass is 32.1. The zero-order valence-corrected chi connectivity index (χ0v) is 13.3. The van der Waals surface area contributed by atoms with E-state index in [2.05, 4.69) is 24.1 Å². The standard InChI is InChI=1S/C17H23NO2S/c1-13-4-6-14(7-5-13)10-11-18-17(20)16-9-8-15(21-16)3-2-12-19/h8-9,13-14,19H,4-7,10-12H2,1H3,(H,18,20). The van der Waals surface area contributed by atoms with Crippen molar-refractivity contribution in [2.45, 2.75) is 39.0 Å². The lowest BCUT2D eigenvalue weighted by atomic mass is 9.81. The Morgan fingerprint density at radius 3 is 2.86 bits per heavy atom. The first-order valence-corrected chi connectivity index (χ1v) is 8.48. The maximum absolute atomic E-state index is 12.0. The number of nitrogens with one attached hydrogen (secondary N) is 1. The topological polar surface area (TPSA) is 49.3 Å². The van der Waals surface area contributed by atoms with Crippen LogP contribution in [0, 0.1) is 23.7 Å². The summed E-state index contributed by atoms with van der Waals surface area (Å²) in [5, 5.41) is 11.7. The second kappa shape index (κ2) is 8.21. The van der Waals surface area contributed by atoms with Gasteiger partial charge in [-0.1, -0.05) is 44.4 Å². The average Bonchev–Trinajstić information content (AvgIpc) is 2.96. The van der Waals surface area contributed by atoms with Crippen molar-refractivity contribution >= 4 is 17.2 Å². The molecule has 21 heavy (non-hydrogen) atoms. The Bertz CT molecular complexity index is 518. The van der Waals surface area contributed by atoms with E-state index in [1.165, 1.54) is 37.0 Å². The van der Waals surface area contributed by atoms with Crippen LogP contribution in [0.1, 0.15) is 53.6 Å². The summed E-state index contributed by atoms with van der Waals surface area (Å²) >= 11 is 1.37. The van der Waals surface area contributed by atoms with Crippen LogP contribution in [-0.4, -0.2) is 24.2 Å². The van der Waals surface area contributed by atoms with Crippen molar-refractivity contribution in [3.8, 4) is 11.8 Å². The number of hydrogen-bond donors (Lipinski definition) is 2. The van der Waals surface area contributed by atoms with Crippen LogP contribution < -0.4 is 5.32 Å². The second-order valence-corrected chi connectivity index (χ2v) is 6.88. The number of thiophene rings is 1. The molecule has 0 saturated heterocycles. The van der Waals surface area contributed by atoms with Gasteiger partial charge < -0.3 is 10.4 Å². The number of carbonyl (C=O) groups excluding carboxylic acids is 1. The zero-order valence-electron chi connectivity index (χ0n) is 12.5. The van der Waals surface area contributed by atoms with E-state index in [1.54, 1.807) is 6.07 Å². The highest BCUT2D eigenvalue weighted by Gasteiger charge is 2.18. The van der Waals surface area contributed by atoms with Gasteiger partial charge in [0.05, 0.1) is 9.75 Å². The highest BCUT2D eigenvalue weighted by molar-refractivity contribution is 7.14. The third-order valence-electron chi connectivity index (χ3n) is 4.09. The molecule has 0 bridgehead atoms. The molecular weight excluding hydrogens is 282 g/mol. The molecule has 0 unspecified atom stereocenters. The molecule has 1 saturated carbocycles. The van der Waals surface area contributed by atoms with Gasteiger partial charge in [-0.2, -0.15) is 0 Å². The van der Waals surface area contributed by atoms with Crippen LogP contribution in [-0.2, 0) is 0 Å². The minimum absolute atomic E-state index is 0.0128. The molecule has 2 N–H and O–H groups in total. The first-order valence-electron chi connectivity index (χ1n) is 7.66. The van der Waals surface area contributed by atoms with Crippen LogP contribution in [0.3, 0.4) is 0 Å². The monoisotopic (exact) mass is 305 g/mol. The van der Waals surface area contributed by atoms with Crippen molar-refractivity contribution in [1.82, 2.24) is 5.32 Å². The fraction of sp³-hybridized carbons (Fsp3) is 0.588. The number of hydrogen-bond acceptors (Lipinski definition) is 3. The SMILES string of the molecule is CC1CCC(CCNC(=O)c2ccc(C#CCO)s2)CC1. The van der Waals surface area contributed by atoms with Gasteiger partial charge in [-0.05, 0) is 30.4 Å². The summed E-state index contributed by atoms with van der Waals surface area (Å²) < 4.78 is 0. The molecule has 1 heterocycles. The Kier molecular flexibility index (Phi) is 6.28. The third kappa shape index (κ3) is 5.18. The summed E-state index contributed by atoms with van der Waals surface area (Å²) in [6.07, 6.45) is 6.35. The van der Waals surface area contributed by atoms with Crippen LogP contribution in [0.25, 0.3) is 0 Å². The summed E-state index contributed by atoms with van der Waals surface area (Å²) in [6.45, 7) is 2.93. The van der Waals surface area contributed by atoms with Gasteiger partial charge in [-0.15, -0.1) is 11.3 Å². The Labute approximate surface area is 130 Å². The van der Waals surface area contributed by atoms with E-state index in [4.69, 9.17) is 5.11 Å². The molecule has 0 radical (unpaired) electrons. The van der Waals surface area contributed by atoms with Crippen LogP contribution in [0.5, 0.6) is 0 Å². The average molecular weight is 305 g/mol. The van der Waals surface area contributed by atoms with E-state index in [9.17, 15) is 4.79 Å². The van der Waals surface area contributed by atoms with E-state index >= 15 is 0 Å². The van der Waals surface area contributed by atoms with Gasteiger partial charge in [0.2, 0.25) is 0 Å². The predicted molar refractivity (Wildman–Crippen MR) is 86.4 cm³/mol. The molecule has 1 aromatic heterocycles. The molecule has 0 aromatic carbocycles. The molecule has 3 nitrogen and oxygen atoms in total. The number of amides is 1. The van der Waals surface area contributed by atoms with Gasteiger partial charge in [-0.25, -0.2) is 0 Å². The fourth-order valence-electron chi connectivity index (χ4n) is 2.75. The molecule has 1 aliphatic rings. The van der Waals surface area contributed by atoms with Crippen molar-refractivity contribution in [3.63, 3.8) is 0 Å². The maximum Gasteiger partial charge on any atom is 0.261 e. The van der Waals surface area contributed by atoms with E-state index in [-0.39, 0.29) is 12.5 Å². The van der Waals surface area contributed by atoms with Gasteiger partial charge in [0.15, 0.2) is 0 Å². The molecular formula is C17H23NO2S. The largest absolute Gasteiger partial charge is 0.384 e. The summed E-state index contributed by atoms with van der Waals surface area (Å²) in [5.74, 6) is 7.05. The van der Waals surface area contributed by atoms with Gasteiger partial charge in [-0.3, -0.25) is 4.79 Å². The minimum Gasteiger partial charge on any atom is -0.384 e. The normalized spacial score (nSPS) is 21.4. The lowest BCUT2D eigenvalue weighted by Gasteiger charge is -2.26. The molecule has 2 rings (SSSR count). The molecule has 1 aliphatic carbocycles. The number of aliphatic hydroxyl groups is 1. The Balaban J connectivity index is 1.73. The van der Waals surface area contributed by atoms with Gasteiger partial charge >= 0.3 is 0 Å². The minimum atomic E-state index is -0.153. The molecule has 0 aliphatic heterocycles. The lowest BCUT2D eigenvalue weighted by molar-refractivity contribution is 0.0954. The van der Waals surface area contributed by atoms with Crippen LogP contribution in [0.2, 0.25) is 0 Å². The van der Waals surface area contributed by atoms with Crippen molar-refractivity contribution in [2.24, 2.45) is 11.8 Å². The molecule has 1 amide bonds. The van der Waals surface area contributed by atoms with E-state index < -0.39 is 0 Å². The summed E-state index contributed by atoms with van der Waals surface area (Å²) in [7, 11) is 0. The van der Waals surface area contributed by atoms with Gasteiger partial charge in [0.1, 0.15) is 6.61 Å². The summed E-state index contributed by atoms with van der Waals surface area (Å²) in [4.78, 5) is 13.5. The molecule has 1 aromatic rings. The van der Waals surface area contributed by atoms with E-state index in [1.807, 2.05) is 6.07 Å². The molecule has 4 heteroatoms. The van der Waals surface area contributed by atoms with Crippen LogP contribution >= 0.6 is 11.3 Å². The van der Waals surface area contributed by atoms with Crippen LogP contribution in [0.4, 0.5) is 0 Å². The number of rotatable bonds is 4. The highest BCUT2D eigenvalue weighted by Crippen LogP contribution is 2.29. The van der Waals surface area contributed by atoms with Crippen molar-refractivity contribution in [2.75, 3.05) is 13.2 Å². The second-order valence-electron chi connectivity index (χ2n) is 5.79. The predicted octanol–water partition coefficient (Wildman–Crippen LogP) is 3.04. The van der Waals surface area contributed by atoms with Gasteiger partial charge in [0.25, 0.3) is 5.91 Å². The van der Waals surface area contributed by atoms with E-state index in [0.29, 0.717) is 4.88 Å². The van der Waals surface area contributed by atoms with Crippen LogP contribution in [0.15, 0.2) is 12.1 Å². The van der Waals surface area contributed by atoms with Crippen molar-refractivity contribution < 1.29 is 9.90 Å². The summed E-state index contributed by atoms with van der Waals surface area (Å²) in [6, 6.07) is 3.62. The molecule has 0 spiro atoms. The Morgan fingerprint density at radius 1 is 1.38 bits per heavy atom. The Hall–Kier alpha value is -1.31. The molecule has 0 atom stereocenters. The first kappa shape index (κ1) is 16.1. The maximum atomic E-state index is 12.0. The lowest BCUT2D eigenvalue weighted by Crippen LogP contribution is -2.26. The Morgan fingerprint density at radius 2 is 2.14 bits per heavy atom. The van der Waals surface area contributed by atoms with E-state index in [0.717, 1.165) is 29.7 Å². The first-order chi connectivity index (χ1) is 10.2. The van der Waals surface area contributed by atoms with Gasteiger partial charge in [0, 0.05) is 6.54 Å². The van der Waals surface area contributed by atoms with Crippen molar-refractivity contribution in [1.29, 1.82) is 0 Å². The number of carbonyl (C=O) groups is 1. The molecule has 1 fully saturated rings. The zero-order chi connectivity index (χ0) is 15.1. The summed E-state index contributed by atoms with van der Waals surface area (Å²) in [5.41, 5.74) is 0. The molecule has 114 valence electrons. The third-order valence-corrected chi connectivity index (χ3v) is 5.09. The smallest absolute Gasteiger partial charge is 0.261 e.